The second-order valence-electron chi connectivity index (χ2n) is 9.02. The fraction of sp³-hybridized carbons (Fsp3) is 0.308. The van der Waals surface area contributed by atoms with Crippen LogP contribution in [0.15, 0.2) is 48.7 Å². The van der Waals surface area contributed by atoms with Crippen molar-refractivity contribution in [2.45, 2.75) is 25.6 Å². The highest BCUT2D eigenvalue weighted by atomic mass is 35.5. The van der Waals surface area contributed by atoms with Gasteiger partial charge in [-0.1, -0.05) is 53.6 Å². The van der Waals surface area contributed by atoms with Gasteiger partial charge in [-0.2, -0.15) is 0 Å². The summed E-state index contributed by atoms with van der Waals surface area (Å²) >= 11 is 6.38. The number of benzene rings is 2. The van der Waals surface area contributed by atoms with E-state index in [0.717, 1.165) is 16.7 Å². The topological polar surface area (TPSA) is 117 Å². The Hall–Kier alpha value is -3.53. The first-order valence-electron chi connectivity index (χ1n) is 11.7. The first kappa shape index (κ1) is 24.2. The van der Waals surface area contributed by atoms with Crippen molar-refractivity contribution < 1.29 is 19.4 Å². The molecule has 1 fully saturated rings. The van der Waals surface area contributed by atoms with E-state index >= 15 is 0 Å². The van der Waals surface area contributed by atoms with E-state index in [0.29, 0.717) is 47.6 Å². The summed E-state index contributed by atoms with van der Waals surface area (Å²) in [5.41, 5.74) is 4.38. The number of hydrogen-bond acceptors (Lipinski definition) is 7. The largest absolute Gasteiger partial charge is 0.394 e. The molecule has 2 aliphatic heterocycles. The molecule has 1 atom stereocenters. The first-order chi connectivity index (χ1) is 17.4. The number of fused-ring (bicyclic) bond motifs is 1. The van der Waals surface area contributed by atoms with Gasteiger partial charge >= 0.3 is 0 Å². The maximum Gasteiger partial charge on any atom is 0.254 e. The SMILES string of the molecule is Cc1cccc(C(CO)NC(=O)CN2Cc3ccc(-c4nc(NC5COC5)ncc4Cl)cc3C2=O)c1. The van der Waals surface area contributed by atoms with Crippen molar-refractivity contribution >= 4 is 29.4 Å². The van der Waals surface area contributed by atoms with Crippen LogP contribution >= 0.6 is 11.6 Å². The zero-order valence-electron chi connectivity index (χ0n) is 19.7. The maximum absolute atomic E-state index is 13.1. The van der Waals surface area contributed by atoms with E-state index in [4.69, 9.17) is 16.3 Å². The van der Waals surface area contributed by atoms with Gasteiger partial charge in [0.15, 0.2) is 0 Å². The van der Waals surface area contributed by atoms with Crippen LogP contribution < -0.4 is 10.6 Å². The fourth-order valence-corrected chi connectivity index (χ4v) is 4.51. The van der Waals surface area contributed by atoms with Gasteiger partial charge in [-0.15, -0.1) is 0 Å². The molecule has 2 aliphatic rings. The van der Waals surface area contributed by atoms with Gasteiger partial charge in [0, 0.05) is 17.7 Å². The number of nitrogens with zero attached hydrogens (tertiary/aromatic N) is 3. The number of aliphatic hydroxyl groups excluding tert-OH is 1. The second-order valence-corrected chi connectivity index (χ2v) is 9.43. The number of hydrogen-bond donors (Lipinski definition) is 3. The van der Waals surface area contributed by atoms with E-state index in [9.17, 15) is 14.7 Å². The van der Waals surface area contributed by atoms with Crippen molar-refractivity contribution in [1.82, 2.24) is 20.2 Å². The minimum absolute atomic E-state index is 0.114. The minimum Gasteiger partial charge on any atom is -0.394 e. The van der Waals surface area contributed by atoms with Crippen molar-refractivity contribution in [2.24, 2.45) is 0 Å². The van der Waals surface area contributed by atoms with Crippen molar-refractivity contribution in [2.75, 3.05) is 31.7 Å². The normalized spacial score (nSPS) is 15.9. The Kier molecular flexibility index (Phi) is 6.86. The lowest BCUT2D eigenvalue weighted by atomic mass is 10.0. The third-order valence-corrected chi connectivity index (χ3v) is 6.55. The third kappa shape index (κ3) is 5.04. The van der Waals surface area contributed by atoms with Crippen LogP contribution in [0.4, 0.5) is 5.95 Å². The van der Waals surface area contributed by atoms with Crippen molar-refractivity contribution in [3.63, 3.8) is 0 Å². The summed E-state index contributed by atoms with van der Waals surface area (Å²) in [6.45, 7) is 3.11. The summed E-state index contributed by atoms with van der Waals surface area (Å²) in [5, 5.41) is 16.2. The lowest BCUT2D eigenvalue weighted by Crippen LogP contribution is -2.40. The van der Waals surface area contributed by atoms with Crippen molar-refractivity contribution in [1.29, 1.82) is 0 Å². The van der Waals surface area contributed by atoms with E-state index in [1.165, 1.54) is 11.1 Å². The number of amides is 2. The molecule has 0 saturated carbocycles. The molecule has 0 radical (unpaired) electrons. The first-order valence-corrected chi connectivity index (χ1v) is 12.0. The summed E-state index contributed by atoms with van der Waals surface area (Å²) in [4.78, 5) is 36.1. The smallest absolute Gasteiger partial charge is 0.254 e. The summed E-state index contributed by atoms with van der Waals surface area (Å²) in [6.07, 6.45) is 1.53. The number of rotatable bonds is 8. The molecule has 186 valence electrons. The molecule has 36 heavy (non-hydrogen) atoms. The number of anilines is 1. The zero-order chi connectivity index (χ0) is 25.2. The molecular formula is C26H26ClN5O4. The van der Waals surface area contributed by atoms with E-state index in [1.807, 2.05) is 43.3 Å². The molecule has 1 saturated heterocycles. The molecule has 10 heteroatoms. The predicted octanol–water partition coefficient (Wildman–Crippen LogP) is 2.72. The third-order valence-electron chi connectivity index (χ3n) is 6.27. The summed E-state index contributed by atoms with van der Waals surface area (Å²) in [5.74, 6) is -0.139. The van der Waals surface area contributed by atoms with Crippen LogP contribution in [0.3, 0.4) is 0 Å². The van der Waals surface area contributed by atoms with E-state index in [-0.39, 0.29) is 31.0 Å². The zero-order valence-corrected chi connectivity index (χ0v) is 20.5. The van der Waals surface area contributed by atoms with Gasteiger partial charge in [-0.05, 0) is 24.1 Å². The molecule has 5 rings (SSSR count). The number of nitrogens with one attached hydrogen (secondary N) is 2. The van der Waals surface area contributed by atoms with E-state index in [2.05, 4.69) is 20.6 Å². The molecule has 1 unspecified atom stereocenters. The van der Waals surface area contributed by atoms with Crippen LogP contribution in [-0.4, -0.2) is 64.2 Å². The average Bonchev–Trinajstić information content (AvgIpc) is 3.15. The molecule has 2 aromatic carbocycles. The lowest BCUT2D eigenvalue weighted by molar-refractivity contribution is -0.122. The van der Waals surface area contributed by atoms with Crippen molar-refractivity contribution in [3.05, 3.63) is 75.9 Å². The van der Waals surface area contributed by atoms with Crippen LogP contribution in [0, 0.1) is 6.92 Å². The molecule has 0 bridgehead atoms. The Morgan fingerprint density at radius 3 is 2.83 bits per heavy atom. The van der Waals surface area contributed by atoms with Crippen LogP contribution in [-0.2, 0) is 16.1 Å². The fourth-order valence-electron chi connectivity index (χ4n) is 4.31. The number of aromatic nitrogens is 2. The molecule has 3 aromatic rings. The Balaban J connectivity index is 1.28. The van der Waals surface area contributed by atoms with Crippen LogP contribution in [0.25, 0.3) is 11.3 Å². The van der Waals surface area contributed by atoms with Gasteiger partial charge in [-0.3, -0.25) is 9.59 Å². The van der Waals surface area contributed by atoms with E-state index in [1.54, 1.807) is 6.07 Å². The lowest BCUT2D eigenvalue weighted by Gasteiger charge is -2.26. The highest BCUT2D eigenvalue weighted by Gasteiger charge is 2.30. The minimum atomic E-state index is -0.543. The molecule has 1 aromatic heterocycles. The second kappa shape index (κ2) is 10.2. The standard InChI is InChI=1S/C26H26ClN5O4/c1-15-3-2-4-16(7-15)22(12-33)30-23(34)11-32-10-18-6-5-17(8-20(18)25(32)35)24-21(27)9-28-26(31-24)29-19-13-36-14-19/h2-9,19,22,33H,10-14H2,1H3,(H,30,34)(H,28,29,31). The monoisotopic (exact) mass is 507 g/mol. The van der Waals surface area contributed by atoms with E-state index < -0.39 is 6.04 Å². The summed E-state index contributed by atoms with van der Waals surface area (Å²) in [6, 6.07) is 12.7. The Morgan fingerprint density at radius 2 is 2.11 bits per heavy atom. The molecular weight excluding hydrogens is 482 g/mol. The molecule has 2 amide bonds. The number of halogens is 1. The predicted molar refractivity (Wildman–Crippen MR) is 135 cm³/mol. The number of aryl methyl sites for hydroxylation is 1. The van der Waals surface area contributed by atoms with Crippen LogP contribution in [0.5, 0.6) is 0 Å². The summed E-state index contributed by atoms with van der Waals surface area (Å²) < 4.78 is 5.17. The number of carbonyl (C=O) groups is 2. The Bertz CT molecular complexity index is 1310. The van der Waals surface area contributed by atoms with Gasteiger partial charge in [-0.25, -0.2) is 9.97 Å². The molecule has 3 N–H and O–H groups in total. The molecule has 0 spiro atoms. The Labute approximate surface area is 213 Å². The highest BCUT2D eigenvalue weighted by Crippen LogP contribution is 2.31. The number of carbonyl (C=O) groups excluding carboxylic acids is 2. The van der Waals surface area contributed by atoms with Gasteiger partial charge in [0.05, 0.1) is 48.8 Å². The van der Waals surface area contributed by atoms with Crippen molar-refractivity contribution in [3.8, 4) is 11.3 Å². The van der Waals surface area contributed by atoms with Crippen LogP contribution in [0.2, 0.25) is 5.02 Å². The quantitative estimate of drug-likeness (QED) is 0.429. The molecule has 3 heterocycles. The Morgan fingerprint density at radius 1 is 1.28 bits per heavy atom. The number of aliphatic hydroxyl groups is 1. The van der Waals surface area contributed by atoms with Gasteiger partial charge < -0.3 is 25.4 Å². The summed E-state index contributed by atoms with van der Waals surface area (Å²) in [7, 11) is 0. The maximum atomic E-state index is 13.1. The van der Waals surface area contributed by atoms with Crippen LogP contribution in [0.1, 0.15) is 33.1 Å². The van der Waals surface area contributed by atoms with Gasteiger partial charge in [0.1, 0.15) is 6.54 Å². The van der Waals surface area contributed by atoms with Gasteiger partial charge in [0.25, 0.3) is 5.91 Å². The molecule has 0 aliphatic carbocycles. The molecule has 9 nitrogen and oxygen atoms in total. The average molecular weight is 508 g/mol. The van der Waals surface area contributed by atoms with Gasteiger partial charge in [0.2, 0.25) is 11.9 Å². The highest BCUT2D eigenvalue weighted by molar-refractivity contribution is 6.33. The number of ether oxygens (including phenoxy) is 1.